The lowest BCUT2D eigenvalue weighted by Gasteiger charge is -2.26. The number of hydrogen-bond donors (Lipinski definition) is 2. The van der Waals surface area contributed by atoms with Gasteiger partial charge in [0.25, 0.3) is 0 Å². The normalized spacial score (nSPS) is 14.2. The molecular weight excluding hydrogens is 344 g/mol. The monoisotopic (exact) mass is 374 g/mol. The van der Waals surface area contributed by atoms with Crippen LogP contribution in [-0.2, 0) is 0 Å². The van der Waals surface area contributed by atoms with Gasteiger partial charge in [0, 0.05) is 30.9 Å². The molecule has 0 aliphatic carbocycles. The van der Waals surface area contributed by atoms with Crippen molar-refractivity contribution in [1.82, 2.24) is 15.5 Å². The number of nitrogens with one attached hydrogen (secondary N) is 2. The van der Waals surface area contributed by atoms with Gasteiger partial charge >= 0.3 is 0 Å². The zero-order chi connectivity index (χ0) is 18.9. The molecule has 2 atom stereocenters. The first-order valence-corrected chi connectivity index (χ1v) is 9.71. The molecule has 0 saturated carbocycles. The van der Waals surface area contributed by atoms with E-state index in [0.29, 0.717) is 5.92 Å². The largest absolute Gasteiger partial charge is 0.497 e. The lowest BCUT2D eigenvalue weighted by molar-refractivity contribution is 0.297. The molecule has 2 aromatic rings. The Morgan fingerprint density at radius 1 is 1.19 bits per heavy atom. The molecule has 0 saturated heterocycles. The molecule has 26 heavy (non-hydrogen) atoms. The van der Waals surface area contributed by atoms with Crippen molar-refractivity contribution in [2.75, 3.05) is 41.3 Å². The molecule has 0 amide bonds. The number of methoxy groups -OCH3 is 1. The fraction of sp³-hybridized carbons (Fsp3) is 0.450. The Labute approximate surface area is 161 Å². The van der Waals surface area contributed by atoms with Crippen molar-refractivity contribution in [3.8, 4) is 5.75 Å². The van der Waals surface area contributed by atoms with Crippen molar-refractivity contribution in [2.45, 2.75) is 18.9 Å². The average Bonchev–Trinajstić information content (AvgIpc) is 3.19. The third-order valence-corrected chi connectivity index (χ3v) is 5.50. The molecule has 0 aliphatic heterocycles. The summed E-state index contributed by atoms with van der Waals surface area (Å²) < 4.78 is 5.36. The minimum Gasteiger partial charge on any atom is -0.497 e. The molecule has 0 radical (unpaired) electrons. The molecular formula is C20H30N4OS. The van der Waals surface area contributed by atoms with Gasteiger partial charge in [-0.1, -0.05) is 25.1 Å². The summed E-state index contributed by atoms with van der Waals surface area (Å²) >= 11 is 1.79. The van der Waals surface area contributed by atoms with Crippen LogP contribution < -0.4 is 15.4 Å². The summed E-state index contributed by atoms with van der Waals surface area (Å²) in [7, 11) is 7.67. The van der Waals surface area contributed by atoms with Gasteiger partial charge in [-0.25, -0.2) is 0 Å². The molecule has 0 spiro atoms. The Morgan fingerprint density at radius 2 is 1.96 bits per heavy atom. The highest BCUT2D eigenvalue weighted by Crippen LogP contribution is 2.22. The highest BCUT2D eigenvalue weighted by Gasteiger charge is 2.16. The van der Waals surface area contributed by atoms with Crippen molar-refractivity contribution in [3.05, 3.63) is 52.2 Å². The molecule has 6 heteroatoms. The van der Waals surface area contributed by atoms with Crippen molar-refractivity contribution < 1.29 is 4.74 Å². The molecule has 2 N–H and O–H groups in total. The predicted octanol–water partition coefficient (Wildman–Crippen LogP) is 3.33. The van der Waals surface area contributed by atoms with Gasteiger partial charge in [-0.2, -0.15) is 0 Å². The molecule has 1 aromatic carbocycles. The first-order chi connectivity index (χ1) is 12.5. The number of thiophene rings is 1. The molecule has 5 nitrogen and oxygen atoms in total. The molecule has 1 aromatic heterocycles. The number of rotatable bonds is 8. The van der Waals surface area contributed by atoms with Crippen LogP contribution in [0.25, 0.3) is 0 Å². The summed E-state index contributed by atoms with van der Waals surface area (Å²) in [6, 6.07) is 12.7. The van der Waals surface area contributed by atoms with Crippen molar-refractivity contribution in [3.63, 3.8) is 0 Å². The molecule has 0 bridgehead atoms. The average molecular weight is 375 g/mol. The van der Waals surface area contributed by atoms with E-state index in [9.17, 15) is 0 Å². The van der Waals surface area contributed by atoms with Crippen LogP contribution in [0.1, 0.15) is 29.3 Å². The Morgan fingerprint density at radius 3 is 2.58 bits per heavy atom. The third-order valence-electron chi connectivity index (χ3n) is 4.39. The fourth-order valence-corrected chi connectivity index (χ4v) is 3.57. The van der Waals surface area contributed by atoms with Crippen LogP contribution in [0.3, 0.4) is 0 Å². The van der Waals surface area contributed by atoms with E-state index < -0.39 is 0 Å². The summed E-state index contributed by atoms with van der Waals surface area (Å²) in [5.74, 6) is 2.15. The summed E-state index contributed by atoms with van der Waals surface area (Å²) in [5, 5.41) is 9.00. The van der Waals surface area contributed by atoms with E-state index in [2.05, 4.69) is 71.2 Å². The Bertz CT molecular complexity index is 685. The first-order valence-electron chi connectivity index (χ1n) is 8.83. The number of hydrogen-bond acceptors (Lipinski definition) is 4. The SMILES string of the molecule is CN=C(NCC(C)c1cccs1)NCC(c1cccc(OC)c1)N(C)C. The summed E-state index contributed by atoms with van der Waals surface area (Å²) in [5.41, 5.74) is 1.21. The summed E-state index contributed by atoms with van der Waals surface area (Å²) in [6.07, 6.45) is 0. The van der Waals surface area contributed by atoms with Crippen LogP contribution in [0.2, 0.25) is 0 Å². The Kier molecular flexibility index (Phi) is 7.94. The van der Waals surface area contributed by atoms with E-state index >= 15 is 0 Å². The van der Waals surface area contributed by atoms with E-state index in [-0.39, 0.29) is 6.04 Å². The molecule has 2 rings (SSSR count). The van der Waals surface area contributed by atoms with Gasteiger partial charge in [-0.15, -0.1) is 11.3 Å². The van der Waals surface area contributed by atoms with Crippen molar-refractivity contribution in [2.24, 2.45) is 4.99 Å². The van der Waals surface area contributed by atoms with Gasteiger partial charge in [-0.05, 0) is 43.2 Å². The van der Waals surface area contributed by atoms with E-state index in [1.54, 1.807) is 25.5 Å². The number of aliphatic imine (C=N–C) groups is 1. The van der Waals surface area contributed by atoms with Crippen molar-refractivity contribution >= 4 is 17.3 Å². The van der Waals surface area contributed by atoms with Gasteiger partial charge in [0.2, 0.25) is 0 Å². The number of nitrogens with zero attached hydrogens (tertiary/aromatic N) is 2. The van der Waals surface area contributed by atoms with Gasteiger partial charge in [-0.3, -0.25) is 4.99 Å². The quantitative estimate of drug-likeness (QED) is 0.550. The number of guanidine groups is 1. The smallest absolute Gasteiger partial charge is 0.191 e. The first kappa shape index (κ1) is 20.3. The van der Waals surface area contributed by atoms with E-state index in [4.69, 9.17) is 4.74 Å². The minimum absolute atomic E-state index is 0.221. The number of ether oxygens (including phenoxy) is 1. The topological polar surface area (TPSA) is 48.9 Å². The van der Waals surface area contributed by atoms with Crippen molar-refractivity contribution in [1.29, 1.82) is 0 Å². The van der Waals surface area contributed by atoms with Crippen LogP contribution in [-0.4, -0.2) is 52.2 Å². The minimum atomic E-state index is 0.221. The zero-order valence-electron chi connectivity index (χ0n) is 16.3. The molecule has 0 aliphatic rings. The highest BCUT2D eigenvalue weighted by molar-refractivity contribution is 7.10. The van der Waals surface area contributed by atoms with E-state index in [0.717, 1.165) is 24.8 Å². The maximum absolute atomic E-state index is 5.36. The fourth-order valence-electron chi connectivity index (χ4n) is 2.78. The second kappa shape index (κ2) is 10.2. The second-order valence-corrected chi connectivity index (χ2v) is 7.49. The molecule has 0 fully saturated rings. The van der Waals surface area contributed by atoms with Crippen LogP contribution in [0.15, 0.2) is 46.8 Å². The van der Waals surface area contributed by atoms with Crippen LogP contribution in [0.4, 0.5) is 0 Å². The lowest BCUT2D eigenvalue weighted by atomic mass is 10.1. The third kappa shape index (κ3) is 5.75. The maximum Gasteiger partial charge on any atom is 0.191 e. The lowest BCUT2D eigenvalue weighted by Crippen LogP contribution is -2.42. The van der Waals surface area contributed by atoms with Gasteiger partial charge in [0.05, 0.1) is 13.2 Å². The summed E-state index contributed by atoms with van der Waals surface area (Å²) in [4.78, 5) is 7.94. The van der Waals surface area contributed by atoms with Gasteiger partial charge < -0.3 is 20.3 Å². The molecule has 142 valence electrons. The van der Waals surface area contributed by atoms with Crippen LogP contribution in [0, 0.1) is 0 Å². The number of likely N-dealkylation sites (N-methyl/N-ethyl adjacent to an activating group) is 1. The maximum atomic E-state index is 5.36. The molecule has 2 unspecified atom stereocenters. The van der Waals surface area contributed by atoms with Crippen LogP contribution >= 0.6 is 11.3 Å². The van der Waals surface area contributed by atoms with Gasteiger partial charge in [0.15, 0.2) is 5.96 Å². The predicted molar refractivity (Wildman–Crippen MR) is 112 cm³/mol. The number of benzene rings is 1. The molecule has 1 heterocycles. The summed E-state index contributed by atoms with van der Waals surface area (Å²) in [6.45, 7) is 3.84. The van der Waals surface area contributed by atoms with E-state index in [1.807, 2.05) is 12.1 Å². The van der Waals surface area contributed by atoms with E-state index in [1.165, 1.54) is 10.4 Å². The second-order valence-electron chi connectivity index (χ2n) is 6.51. The zero-order valence-corrected chi connectivity index (χ0v) is 17.1. The Hall–Kier alpha value is -2.05. The standard InChI is InChI=1S/C20H30N4OS/c1-15(19-10-7-11-26-19)13-22-20(21-2)23-14-18(24(3)4)16-8-6-9-17(12-16)25-5/h6-12,15,18H,13-14H2,1-5H3,(H2,21,22,23). The Balaban J connectivity index is 1.93. The highest BCUT2D eigenvalue weighted by atomic mass is 32.1. The van der Waals surface area contributed by atoms with Crippen LogP contribution in [0.5, 0.6) is 5.75 Å². The van der Waals surface area contributed by atoms with Gasteiger partial charge in [0.1, 0.15) is 5.75 Å².